The van der Waals surface area contributed by atoms with Gasteiger partial charge in [-0.1, -0.05) is 29.4 Å². The number of ketones is 1. The third kappa shape index (κ3) is 4.37. The molecule has 3 aromatic heterocycles. The van der Waals surface area contributed by atoms with Gasteiger partial charge in [-0.3, -0.25) is 19.7 Å². The van der Waals surface area contributed by atoms with Crippen molar-refractivity contribution in [1.29, 1.82) is 0 Å². The number of fused-ring (bicyclic) bond motifs is 1. The van der Waals surface area contributed by atoms with E-state index >= 15 is 0 Å². The lowest BCUT2D eigenvalue weighted by molar-refractivity contribution is 0.0986. The van der Waals surface area contributed by atoms with Gasteiger partial charge in [0.1, 0.15) is 0 Å². The second kappa shape index (κ2) is 8.95. The highest BCUT2D eigenvalue weighted by molar-refractivity contribution is 6.11. The monoisotopic (exact) mass is 449 g/mol. The van der Waals surface area contributed by atoms with Crippen molar-refractivity contribution in [3.63, 3.8) is 0 Å². The number of aromatic nitrogens is 4. The van der Waals surface area contributed by atoms with Gasteiger partial charge in [0, 0.05) is 34.5 Å². The van der Waals surface area contributed by atoms with Crippen LogP contribution >= 0.6 is 0 Å². The van der Waals surface area contributed by atoms with Crippen molar-refractivity contribution in [2.45, 2.75) is 6.92 Å². The predicted octanol–water partition coefficient (Wildman–Crippen LogP) is 4.91. The fraction of sp³-hybridized carbons (Fsp3) is 0.0385. The van der Waals surface area contributed by atoms with Gasteiger partial charge in [-0.15, -0.1) is 0 Å². The van der Waals surface area contributed by atoms with Crippen molar-refractivity contribution in [2.24, 2.45) is 0 Å². The van der Waals surface area contributed by atoms with Gasteiger partial charge in [0.15, 0.2) is 5.78 Å². The van der Waals surface area contributed by atoms with E-state index in [1.807, 2.05) is 36.4 Å². The van der Waals surface area contributed by atoms with Gasteiger partial charge in [-0.05, 0) is 55.5 Å². The lowest BCUT2D eigenvalue weighted by Gasteiger charge is -2.06. The molecule has 0 saturated carbocycles. The van der Waals surface area contributed by atoms with E-state index in [1.54, 1.807) is 55.6 Å². The molecule has 0 atom stereocenters. The second-order valence-corrected chi connectivity index (χ2v) is 7.65. The molecule has 166 valence electrons. The summed E-state index contributed by atoms with van der Waals surface area (Å²) in [4.78, 5) is 29.7. The average molecular weight is 449 g/mol. The largest absolute Gasteiger partial charge is 0.351 e. The van der Waals surface area contributed by atoms with E-state index in [1.165, 1.54) is 0 Å². The smallest absolute Gasteiger partial charge is 0.294 e. The quantitative estimate of drug-likeness (QED) is 0.356. The zero-order valence-corrected chi connectivity index (χ0v) is 18.1. The zero-order valence-electron chi connectivity index (χ0n) is 18.1. The number of carbonyl (C=O) groups excluding carboxylic acids is 2. The van der Waals surface area contributed by atoms with Crippen LogP contribution in [0.5, 0.6) is 0 Å². The van der Waals surface area contributed by atoms with Crippen molar-refractivity contribution in [3.05, 3.63) is 107 Å². The Balaban J connectivity index is 1.36. The molecular formula is C26H19N5O3. The van der Waals surface area contributed by atoms with Crippen molar-refractivity contribution in [1.82, 2.24) is 20.3 Å². The van der Waals surface area contributed by atoms with Crippen molar-refractivity contribution < 1.29 is 14.1 Å². The van der Waals surface area contributed by atoms with E-state index in [9.17, 15) is 9.59 Å². The van der Waals surface area contributed by atoms with Crippen molar-refractivity contribution in [2.75, 3.05) is 5.32 Å². The van der Waals surface area contributed by atoms with E-state index in [-0.39, 0.29) is 11.5 Å². The Kier molecular flexibility index (Phi) is 5.53. The molecule has 0 saturated heterocycles. The van der Waals surface area contributed by atoms with Crippen LogP contribution in [0.1, 0.15) is 43.6 Å². The van der Waals surface area contributed by atoms with Gasteiger partial charge < -0.3 is 9.84 Å². The third-order valence-electron chi connectivity index (χ3n) is 5.19. The molecule has 0 fully saturated rings. The molecule has 0 bridgehead atoms. The fourth-order valence-electron chi connectivity index (χ4n) is 3.52. The fourth-order valence-corrected chi connectivity index (χ4v) is 3.52. The summed E-state index contributed by atoms with van der Waals surface area (Å²) in [6.45, 7) is 1.73. The molecule has 8 heteroatoms. The zero-order chi connectivity index (χ0) is 23.5. The van der Waals surface area contributed by atoms with E-state index in [2.05, 4.69) is 25.7 Å². The Labute approximate surface area is 194 Å². The Morgan fingerprint density at radius 2 is 1.85 bits per heavy atom. The Morgan fingerprint density at radius 1 is 0.971 bits per heavy atom. The Morgan fingerprint density at radius 3 is 2.65 bits per heavy atom. The third-order valence-corrected chi connectivity index (χ3v) is 5.19. The van der Waals surface area contributed by atoms with Crippen LogP contribution in [-0.4, -0.2) is 32.0 Å². The maximum Gasteiger partial charge on any atom is 0.294 e. The van der Waals surface area contributed by atoms with Crippen molar-refractivity contribution >= 4 is 40.4 Å². The van der Waals surface area contributed by atoms with Crippen LogP contribution in [0.3, 0.4) is 0 Å². The molecule has 5 rings (SSSR count). The Bertz CT molecular complexity index is 1530. The van der Waals surface area contributed by atoms with E-state index in [0.29, 0.717) is 22.5 Å². The molecule has 5 aromatic rings. The summed E-state index contributed by atoms with van der Waals surface area (Å²) in [6.07, 6.45) is 5.50. The molecule has 2 aromatic carbocycles. The van der Waals surface area contributed by atoms with E-state index in [0.717, 1.165) is 22.3 Å². The molecule has 1 amide bonds. The van der Waals surface area contributed by atoms with Gasteiger partial charge in [-0.2, -0.15) is 5.10 Å². The number of nitrogens with one attached hydrogen (secondary N) is 2. The summed E-state index contributed by atoms with van der Waals surface area (Å²) in [6, 6.07) is 19.4. The number of anilines is 1. The minimum atomic E-state index is -0.435. The second-order valence-electron chi connectivity index (χ2n) is 7.65. The van der Waals surface area contributed by atoms with Crippen LogP contribution in [0.25, 0.3) is 23.1 Å². The number of aromatic amines is 1. The maximum absolute atomic E-state index is 13.1. The number of nitrogens with zero attached hydrogens (tertiary/aromatic N) is 3. The molecule has 0 aliphatic carbocycles. The van der Waals surface area contributed by atoms with E-state index < -0.39 is 5.91 Å². The highest BCUT2D eigenvalue weighted by atomic mass is 16.5. The molecule has 0 unspecified atom stereocenters. The van der Waals surface area contributed by atoms with Crippen LogP contribution in [0.4, 0.5) is 5.69 Å². The topological polar surface area (TPSA) is 114 Å². The number of hydrogen-bond donors (Lipinski definition) is 2. The molecular weight excluding hydrogens is 430 g/mol. The number of pyridine rings is 1. The summed E-state index contributed by atoms with van der Waals surface area (Å²) in [5.41, 5.74) is 4.37. The molecule has 0 spiro atoms. The van der Waals surface area contributed by atoms with Crippen LogP contribution in [0, 0.1) is 6.92 Å². The highest BCUT2D eigenvalue weighted by Gasteiger charge is 2.15. The molecule has 0 radical (unpaired) electrons. The van der Waals surface area contributed by atoms with Gasteiger partial charge >= 0.3 is 0 Å². The van der Waals surface area contributed by atoms with Crippen LogP contribution in [-0.2, 0) is 0 Å². The molecule has 34 heavy (non-hydrogen) atoms. The minimum absolute atomic E-state index is 0.104. The minimum Gasteiger partial charge on any atom is -0.351 e. The lowest BCUT2D eigenvalue weighted by atomic mass is 10.0. The first-order valence-electron chi connectivity index (χ1n) is 10.5. The lowest BCUT2D eigenvalue weighted by Crippen LogP contribution is -2.11. The average Bonchev–Trinajstić information content (AvgIpc) is 3.49. The SMILES string of the molecule is Cc1cc(C(=O)Nc2cccc(C(=O)c3ccc4c(/C=C/c5ccccn5)n[nH]c4c3)c2)on1. The first-order valence-corrected chi connectivity index (χ1v) is 10.5. The van der Waals surface area contributed by atoms with Crippen LogP contribution in [0.15, 0.2) is 77.4 Å². The molecule has 8 nitrogen and oxygen atoms in total. The normalized spacial score (nSPS) is 11.2. The summed E-state index contributed by atoms with van der Waals surface area (Å²) in [5, 5.41) is 14.7. The first-order chi connectivity index (χ1) is 16.6. The summed E-state index contributed by atoms with van der Waals surface area (Å²) in [7, 11) is 0. The number of hydrogen-bond acceptors (Lipinski definition) is 6. The van der Waals surface area contributed by atoms with Crippen LogP contribution < -0.4 is 5.32 Å². The molecule has 2 N–H and O–H groups in total. The standard InChI is InChI=1S/C26H19N5O3/c1-16-13-24(34-31-16)26(33)28-20-7-4-5-17(14-20)25(32)18-8-10-21-22(29-30-23(21)15-18)11-9-19-6-2-3-12-27-19/h2-15H,1H3,(H,28,33)(H,29,30)/b11-9+. The number of aryl methyl sites for hydroxylation is 1. The maximum atomic E-state index is 13.1. The number of rotatable bonds is 6. The molecule has 3 heterocycles. The van der Waals surface area contributed by atoms with Gasteiger partial charge in [0.05, 0.1) is 22.6 Å². The molecule has 0 aliphatic heterocycles. The summed E-state index contributed by atoms with van der Waals surface area (Å²) in [5.74, 6) is -0.504. The van der Waals surface area contributed by atoms with Gasteiger partial charge in [0.25, 0.3) is 5.91 Å². The van der Waals surface area contributed by atoms with Crippen molar-refractivity contribution in [3.8, 4) is 0 Å². The first kappa shape index (κ1) is 21.0. The van der Waals surface area contributed by atoms with E-state index in [4.69, 9.17) is 4.52 Å². The predicted molar refractivity (Wildman–Crippen MR) is 128 cm³/mol. The van der Waals surface area contributed by atoms with Crippen LogP contribution in [0.2, 0.25) is 0 Å². The summed E-state index contributed by atoms with van der Waals surface area (Å²) < 4.78 is 4.98. The number of amides is 1. The summed E-state index contributed by atoms with van der Waals surface area (Å²) >= 11 is 0. The number of benzene rings is 2. The van der Waals surface area contributed by atoms with Gasteiger partial charge in [-0.25, -0.2) is 0 Å². The number of carbonyl (C=O) groups is 2. The number of H-pyrrole nitrogens is 1. The Hall–Kier alpha value is -4.85. The van der Waals surface area contributed by atoms with Gasteiger partial charge in [0.2, 0.25) is 5.76 Å². The highest BCUT2D eigenvalue weighted by Crippen LogP contribution is 2.22. The molecule has 0 aliphatic rings.